The Morgan fingerprint density at radius 1 is 1.25 bits per heavy atom. The van der Waals surface area contributed by atoms with Gasteiger partial charge in [-0.3, -0.25) is 18.6 Å². The number of para-hydroxylation sites is 1. The van der Waals surface area contributed by atoms with Gasteiger partial charge in [-0.05, 0) is 24.3 Å². The minimum atomic E-state index is -3.76. The molecule has 10 nitrogen and oxygen atoms in total. The fourth-order valence-electron chi connectivity index (χ4n) is 3.09. The topological polar surface area (TPSA) is 141 Å². The molecule has 3 aromatic heterocycles. The van der Waals surface area contributed by atoms with E-state index in [1.807, 2.05) is 6.07 Å². The molecule has 0 bridgehead atoms. The third kappa shape index (κ3) is 4.32. The summed E-state index contributed by atoms with van der Waals surface area (Å²) in [6.45, 7) is 4.15. The van der Waals surface area contributed by atoms with Crippen molar-refractivity contribution >= 4 is 55.7 Å². The van der Waals surface area contributed by atoms with Crippen LogP contribution in [-0.2, 0) is 27.9 Å². The molecular weight excluding hydrogens is 472 g/mol. The van der Waals surface area contributed by atoms with Crippen molar-refractivity contribution in [3.63, 3.8) is 0 Å². The first-order valence-corrected chi connectivity index (χ1v) is 12.6. The average Bonchev–Trinajstić information content (AvgIpc) is 3.41. The van der Waals surface area contributed by atoms with Gasteiger partial charge < -0.3 is 5.32 Å². The van der Waals surface area contributed by atoms with Crippen LogP contribution in [0.5, 0.6) is 0 Å². The lowest BCUT2D eigenvalue weighted by Crippen LogP contribution is -2.24. The molecule has 0 aliphatic rings. The van der Waals surface area contributed by atoms with Crippen LogP contribution in [0.25, 0.3) is 16.7 Å². The summed E-state index contributed by atoms with van der Waals surface area (Å²) in [7, 11) is -3.76. The van der Waals surface area contributed by atoms with Crippen molar-refractivity contribution in [3.05, 3.63) is 64.3 Å². The van der Waals surface area contributed by atoms with Gasteiger partial charge in [0.25, 0.3) is 5.56 Å². The number of benzene rings is 1. The number of nitrogens with zero attached hydrogens (tertiary/aromatic N) is 4. The van der Waals surface area contributed by atoms with Gasteiger partial charge in [0.2, 0.25) is 21.7 Å². The highest BCUT2D eigenvalue weighted by Gasteiger charge is 2.17. The SMILES string of the molecule is C=CCn1c(=O)c2ccccc2n2c(SCC(=O)NCc3ccc(S(N)(=O)=O)s3)nnc12. The lowest BCUT2D eigenvalue weighted by molar-refractivity contribution is -0.118. The van der Waals surface area contributed by atoms with Crippen molar-refractivity contribution in [2.24, 2.45) is 5.14 Å². The van der Waals surface area contributed by atoms with E-state index in [0.29, 0.717) is 26.7 Å². The molecule has 4 rings (SSSR count). The smallest absolute Gasteiger partial charge is 0.263 e. The molecule has 0 saturated heterocycles. The molecule has 166 valence electrons. The number of sulfonamides is 1. The first kappa shape index (κ1) is 22.2. The molecule has 0 fully saturated rings. The molecular formula is C19H18N6O4S3. The third-order valence-electron chi connectivity index (χ3n) is 4.50. The normalized spacial score (nSPS) is 11.8. The van der Waals surface area contributed by atoms with Gasteiger partial charge in [-0.2, -0.15) is 0 Å². The number of fused-ring (bicyclic) bond motifs is 3. The van der Waals surface area contributed by atoms with Crippen molar-refractivity contribution in [2.75, 3.05) is 5.75 Å². The van der Waals surface area contributed by atoms with Gasteiger partial charge in [-0.1, -0.05) is 30.0 Å². The second-order valence-electron chi connectivity index (χ2n) is 6.67. The first-order valence-electron chi connectivity index (χ1n) is 9.28. The lowest BCUT2D eigenvalue weighted by Gasteiger charge is -2.09. The molecule has 0 saturated carbocycles. The number of thioether (sulfide) groups is 1. The van der Waals surface area contributed by atoms with Crippen LogP contribution in [-0.4, -0.2) is 39.2 Å². The number of carbonyl (C=O) groups excluding carboxylic acids is 1. The Balaban J connectivity index is 1.53. The number of hydrogen-bond acceptors (Lipinski definition) is 8. The summed E-state index contributed by atoms with van der Waals surface area (Å²) in [5.74, 6) is 0.162. The Bertz CT molecular complexity index is 1500. The van der Waals surface area contributed by atoms with E-state index in [0.717, 1.165) is 11.3 Å². The number of rotatable bonds is 8. The molecule has 0 unspecified atom stereocenters. The predicted molar refractivity (Wildman–Crippen MR) is 123 cm³/mol. The number of primary sulfonamides is 1. The van der Waals surface area contributed by atoms with Crippen LogP contribution >= 0.6 is 23.1 Å². The Morgan fingerprint density at radius 3 is 2.75 bits per heavy atom. The Hall–Kier alpha value is -3.00. The van der Waals surface area contributed by atoms with Gasteiger partial charge >= 0.3 is 0 Å². The minimum absolute atomic E-state index is 0.0449. The zero-order chi connectivity index (χ0) is 22.9. The van der Waals surface area contributed by atoms with Gasteiger partial charge in [0.05, 0.1) is 23.2 Å². The number of aromatic nitrogens is 4. The van der Waals surface area contributed by atoms with Gasteiger partial charge in [0.1, 0.15) is 4.21 Å². The molecule has 0 aliphatic carbocycles. The summed E-state index contributed by atoms with van der Waals surface area (Å²) in [6.07, 6.45) is 1.61. The lowest BCUT2D eigenvalue weighted by atomic mass is 10.2. The number of amides is 1. The molecule has 32 heavy (non-hydrogen) atoms. The van der Waals surface area contributed by atoms with Crippen LogP contribution in [0.2, 0.25) is 0 Å². The van der Waals surface area contributed by atoms with Gasteiger partial charge in [0.15, 0.2) is 5.16 Å². The first-order chi connectivity index (χ1) is 15.3. The van der Waals surface area contributed by atoms with E-state index < -0.39 is 10.0 Å². The van der Waals surface area contributed by atoms with Crippen molar-refractivity contribution in [1.82, 2.24) is 24.5 Å². The summed E-state index contributed by atoms with van der Waals surface area (Å²) in [5, 5.41) is 17.2. The van der Waals surface area contributed by atoms with Crippen molar-refractivity contribution < 1.29 is 13.2 Å². The maximum atomic E-state index is 12.8. The number of allylic oxidation sites excluding steroid dienone is 1. The molecule has 0 atom stereocenters. The second kappa shape index (κ2) is 8.86. The zero-order valence-corrected chi connectivity index (χ0v) is 19.0. The summed E-state index contributed by atoms with van der Waals surface area (Å²) >= 11 is 2.19. The van der Waals surface area contributed by atoms with Crippen LogP contribution in [0.3, 0.4) is 0 Å². The monoisotopic (exact) mass is 490 g/mol. The van der Waals surface area contributed by atoms with E-state index in [4.69, 9.17) is 5.14 Å². The highest BCUT2D eigenvalue weighted by molar-refractivity contribution is 7.99. The zero-order valence-electron chi connectivity index (χ0n) is 16.6. The number of hydrogen-bond donors (Lipinski definition) is 2. The molecule has 0 radical (unpaired) electrons. The number of nitrogens with one attached hydrogen (secondary N) is 1. The van der Waals surface area contributed by atoms with E-state index >= 15 is 0 Å². The predicted octanol–water partition coefficient (Wildman–Crippen LogP) is 1.35. The van der Waals surface area contributed by atoms with Gasteiger partial charge in [0, 0.05) is 11.4 Å². The number of carbonyl (C=O) groups is 1. The molecule has 1 amide bonds. The molecule has 13 heteroatoms. The number of thiophene rings is 1. The standard InChI is InChI=1S/C19H18N6O4S3/c1-2-9-24-17(27)13-5-3-4-6-14(13)25-18(24)22-23-19(25)30-11-15(26)21-10-12-7-8-16(31-12)32(20,28)29/h2-8H,1,9-11H2,(H,21,26)(H2,20,28,29). The van der Waals surface area contributed by atoms with Crippen LogP contribution in [0.4, 0.5) is 0 Å². The van der Waals surface area contributed by atoms with E-state index in [1.165, 1.54) is 22.4 Å². The van der Waals surface area contributed by atoms with Crippen LogP contribution < -0.4 is 16.0 Å². The third-order valence-corrected chi connectivity index (χ3v) is 7.95. The highest BCUT2D eigenvalue weighted by Crippen LogP contribution is 2.22. The van der Waals surface area contributed by atoms with E-state index in [2.05, 4.69) is 22.1 Å². The van der Waals surface area contributed by atoms with Gasteiger partial charge in [-0.25, -0.2) is 13.6 Å². The Labute approximate surface area is 190 Å². The molecule has 0 spiro atoms. The van der Waals surface area contributed by atoms with Crippen LogP contribution in [0, 0.1) is 0 Å². The maximum absolute atomic E-state index is 12.8. The summed E-state index contributed by atoms with van der Waals surface area (Å²) in [5.41, 5.74) is 0.458. The fourth-order valence-corrected chi connectivity index (χ4v) is 5.58. The second-order valence-corrected chi connectivity index (χ2v) is 10.6. The quantitative estimate of drug-likeness (QED) is 0.280. The van der Waals surface area contributed by atoms with Crippen molar-refractivity contribution in [1.29, 1.82) is 0 Å². The molecule has 0 aliphatic heterocycles. The Kier molecular flexibility index (Phi) is 6.15. The van der Waals surface area contributed by atoms with E-state index in [1.54, 1.807) is 34.7 Å². The highest BCUT2D eigenvalue weighted by atomic mass is 32.2. The molecule has 4 aromatic rings. The van der Waals surface area contributed by atoms with Crippen LogP contribution in [0.15, 0.2) is 63.2 Å². The maximum Gasteiger partial charge on any atom is 0.263 e. The summed E-state index contributed by atoms with van der Waals surface area (Å²) < 4.78 is 26.0. The van der Waals surface area contributed by atoms with Crippen LogP contribution in [0.1, 0.15) is 4.88 Å². The van der Waals surface area contributed by atoms with E-state index in [-0.39, 0.29) is 34.5 Å². The molecule has 1 aromatic carbocycles. The summed E-state index contributed by atoms with van der Waals surface area (Å²) in [6, 6.07) is 10.1. The van der Waals surface area contributed by atoms with Gasteiger partial charge in [-0.15, -0.1) is 28.1 Å². The van der Waals surface area contributed by atoms with Crippen molar-refractivity contribution in [2.45, 2.75) is 22.5 Å². The Morgan fingerprint density at radius 2 is 2.03 bits per heavy atom. The largest absolute Gasteiger partial charge is 0.350 e. The minimum Gasteiger partial charge on any atom is -0.350 e. The molecule has 3 N–H and O–H groups in total. The van der Waals surface area contributed by atoms with E-state index in [9.17, 15) is 18.0 Å². The van der Waals surface area contributed by atoms with Crippen molar-refractivity contribution in [3.8, 4) is 0 Å². The number of nitrogens with two attached hydrogens (primary N) is 1. The molecule has 3 heterocycles. The fraction of sp³-hybridized carbons (Fsp3) is 0.158. The summed E-state index contributed by atoms with van der Waals surface area (Å²) in [4.78, 5) is 25.8. The average molecular weight is 491 g/mol.